The molecule has 3 aliphatic rings. The number of morpholine rings is 1. The Hall–Kier alpha value is -1.82. The van der Waals surface area contributed by atoms with Gasteiger partial charge in [-0.15, -0.1) is 11.3 Å². The molecule has 0 radical (unpaired) electrons. The molecule has 164 valence electrons. The highest BCUT2D eigenvalue weighted by Crippen LogP contribution is 2.41. The Balaban J connectivity index is 1.55. The molecule has 0 aromatic carbocycles. The fraction of sp³-hybridized carbons (Fsp3) is 0.632. The van der Waals surface area contributed by atoms with E-state index in [9.17, 15) is 18.0 Å². The first-order chi connectivity index (χ1) is 14.2. The summed E-state index contributed by atoms with van der Waals surface area (Å²) in [7, 11) is -3.75. The summed E-state index contributed by atoms with van der Waals surface area (Å²) >= 11 is 1.44. The van der Waals surface area contributed by atoms with Crippen LogP contribution in [0.2, 0.25) is 0 Å². The molecule has 4 rings (SSSR count). The van der Waals surface area contributed by atoms with Gasteiger partial charge >= 0.3 is 0 Å². The molecule has 0 saturated carbocycles. The molecular formula is C19H26N4O5S2. The summed E-state index contributed by atoms with van der Waals surface area (Å²) in [5, 5.41) is 2.60. The topological polar surface area (TPSA) is 100 Å². The van der Waals surface area contributed by atoms with Crippen LogP contribution in [-0.2, 0) is 26.1 Å². The summed E-state index contributed by atoms with van der Waals surface area (Å²) < 4.78 is 30.7. The lowest BCUT2D eigenvalue weighted by atomic mass is 9.89. The van der Waals surface area contributed by atoms with Crippen molar-refractivity contribution in [2.75, 3.05) is 39.1 Å². The number of hydrogen-bond donors (Lipinski definition) is 0. The number of thiazole rings is 1. The van der Waals surface area contributed by atoms with Crippen LogP contribution in [0.25, 0.3) is 0 Å². The summed E-state index contributed by atoms with van der Waals surface area (Å²) in [5.41, 5.74) is 0.726. The Bertz CT molecular complexity index is 981. The van der Waals surface area contributed by atoms with Crippen LogP contribution in [0.1, 0.15) is 29.3 Å². The normalized spacial score (nSPS) is 25.2. The molecule has 30 heavy (non-hydrogen) atoms. The largest absolute Gasteiger partial charge is 0.379 e. The molecular weight excluding hydrogens is 428 g/mol. The van der Waals surface area contributed by atoms with E-state index in [4.69, 9.17) is 4.74 Å². The van der Waals surface area contributed by atoms with Crippen molar-refractivity contribution >= 4 is 33.2 Å². The van der Waals surface area contributed by atoms with Crippen molar-refractivity contribution in [3.63, 3.8) is 0 Å². The van der Waals surface area contributed by atoms with E-state index in [2.05, 4.69) is 9.88 Å². The van der Waals surface area contributed by atoms with E-state index < -0.39 is 27.9 Å². The number of ether oxygens (including phenoxy) is 1. The van der Waals surface area contributed by atoms with E-state index in [0.717, 1.165) is 28.7 Å². The predicted molar refractivity (Wildman–Crippen MR) is 111 cm³/mol. The number of aromatic nitrogens is 1. The highest BCUT2D eigenvalue weighted by molar-refractivity contribution is 7.89. The van der Waals surface area contributed by atoms with Crippen LogP contribution >= 0.6 is 11.3 Å². The highest BCUT2D eigenvalue weighted by Gasteiger charge is 2.54. The van der Waals surface area contributed by atoms with Gasteiger partial charge in [0.05, 0.1) is 43.7 Å². The van der Waals surface area contributed by atoms with Crippen LogP contribution in [0.5, 0.6) is 0 Å². The van der Waals surface area contributed by atoms with Crippen LogP contribution in [-0.4, -0.2) is 84.5 Å². The zero-order valence-corrected chi connectivity index (χ0v) is 18.9. The van der Waals surface area contributed by atoms with Crippen LogP contribution in [0, 0.1) is 11.8 Å². The molecule has 1 aromatic rings. The van der Waals surface area contributed by atoms with Gasteiger partial charge in [0.2, 0.25) is 15.9 Å². The Morgan fingerprint density at radius 1 is 1.33 bits per heavy atom. The van der Waals surface area contributed by atoms with Gasteiger partial charge in [0.1, 0.15) is 10.7 Å². The van der Waals surface area contributed by atoms with Crippen molar-refractivity contribution in [1.29, 1.82) is 0 Å². The summed E-state index contributed by atoms with van der Waals surface area (Å²) in [4.78, 5) is 34.5. The van der Waals surface area contributed by atoms with Crippen molar-refractivity contribution < 1.29 is 22.7 Å². The fourth-order valence-electron chi connectivity index (χ4n) is 4.36. The zero-order chi connectivity index (χ0) is 21.6. The maximum absolute atomic E-state index is 13.3. The van der Waals surface area contributed by atoms with Crippen LogP contribution in [0.4, 0.5) is 0 Å². The lowest BCUT2D eigenvalue weighted by molar-refractivity contribution is -0.128. The SMILES string of the molecule is CC(C)[C@@H]1C(=O)N(S(C)(=O)=O)C2=CCN(C(=O)c3csc(CN4CCOCC4)n3)[C@H]21. The van der Waals surface area contributed by atoms with E-state index in [0.29, 0.717) is 31.1 Å². The minimum Gasteiger partial charge on any atom is -0.379 e. The number of sulfonamides is 1. The molecule has 0 bridgehead atoms. The van der Waals surface area contributed by atoms with E-state index in [1.54, 1.807) is 16.4 Å². The zero-order valence-electron chi connectivity index (χ0n) is 17.3. The summed E-state index contributed by atoms with van der Waals surface area (Å²) in [6.07, 6.45) is 2.69. The molecule has 2 amide bonds. The molecule has 0 aliphatic carbocycles. The van der Waals surface area contributed by atoms with Crippen LogP contribution in [0.3, 0.4) is 0 Å². The molecule has 0 N–H and O–H groups in total. The molecule has 11 heteroatoms. The van der Waals surface area contributed by atoms with Crippen molar-refractivity contribution in [2.45, 2.75) is 26.4 Å². The Kier molecular flexibility index (Phi) is 5.73. The number of rotatable bonds is 5. The Morgan fingerprint density at radius 2 is 2.03 bits per heavy atom. The first kappa shape index (κ1) is 21.4. The second kappa shape index (κ2) is 8.03. The predicted octanol–water partition coefficient (Wildman–Crippen LogP) is 0.758. The van der Waals surface area contributed by atoms with E-state index in [1.165, 1.54) is 11.3 Å². The molecule has 0 spiro atoms. The van der Waals surface area contributed by atoms with Crippen molar-refractivity contribution in [2.24, 2.45) is 11.8 Å². The first-order valence-electron chi connectivity index (χ1n) is 9.98. The molecule has 0 unspecified atom stereocenters. The van der Waals surface area contributed by atoms with Gasteiger partial charge < -0.3 is 9.64 Å². The van der Waals surface area contributed by atoms with Crippen LogP contribution in [0.15, 0.2) is 17.2 Å². The number of fused-ring (bicyclic) bond motifs is 1. The number of carbonyl (C=O) groups is 2. The third-order valence-electron chi connectivity index (χ3n) is 5.74. The third-order valence-corrected chi connectivity index (χ3v) is 7.63. The van der Waals surface area contributed by atoms with Crippen LogP contribution < -0.4 is 0 Å². The number of hydrogen-bond acceptors (Lipinski definition) is 8. The number of nitrogens with zero attached hydrogens (tertiary/aromatic N) is 4. The maximum atomic E-state index is 13.3. The van der Waals surface area contributed by atoms with Gasteiger partial charge in [-0.1, -0.05) is 13.8 Å². The summed E-state index contributed by atoms with van der Waals surface area (Å²) in [6, 6.07) is -0.580. The van der Waals surface area contributed by atoms with Gasteiger partial charge in [0.15, 0.2) is 0 Å². The minimum absolute atomic E-state index is 0.113. The molecule has 3 aliphatic heterocycles. The van der Waals surface area contributed by atoms with Gasteiger partial charge in [-0.25, -0.2) is 17.7 Å². The van der Waals surface area contributed by atoms with Gasteiger partial charge in [-0.3, -0.25) is 14.5 Å². The average Bonchev–Trinajstić information content (AvgIpc) is 3.35. The molecule has 2 atom stereocenters. The molecule has 2 fully saturated rings. The summed E-state index contributed by atoms with van der Waals surface area (Å²) in [6.45, 7) is 7.74. The molecule has 1 aromatic heterocycles. The second-order valence-electron chi connectivity index (χ2n) is 8.18. The number of amides is 2. The monoisotopic (exact) mass is 454 g/mol. The van der Waals surface area contributed by atoms with Crippen molar-refractivity contribution in [3.8, 4) is 0 Å². The van der Waals surface area contributed by atoms with E-state index in [-0.39, 0.29) is 18.4 Å². The van der Waals surface area contributed by atoms with Gasteiger partial charge in [-0.05, 0) is 12.0 Å². The highest BCUT2D eigenvalue weighted by atomic mass is 32.2. The molecule has 2 saturated heterocycles. The second-order valence-corrected chi connectivity index (χ2v) is 11.0. The third kappa shape index (κ3) is 3.79. The maximum Gasteiger partial charge on any atom is 0.274 e. The first-order valence-corrected chi connectivity index (χ1v) is 12.7. The van der Waals surface area contributed by atoms with Gasteiger partial charge in [0, 0.05) is 25.0 Å². The smallest absolute Gasteiger partial charge is 0.274 e. The van der Waals surface area contributed by atoms with Crippen molar-refractivity contribution in [3.05, 3.63) is 27.9 Å². The Labute approximate surface area is 180 Å². The fourth-order valence-corrected chi connectivity index (χ4v) is 6.18. The van der Waals surface area contributed by atoms with Gasteiger partial charge in [-0.2, -0.15) is 0 Å². The quantitative estimate of drug-likeness (QED) is 0.647. The van der Waals surface area contributed by atoms with Gasteiger partial charge in [0.25, 0.3) is 5.91 Å². The number of carbonyl (C=O) groups excluding carboxylic acids is 2. The van der Waals surface area contributed by atoms with E-state index >= 15 is 0 Å². The Morgan fingerprint density at radius 3 is 2.67 bits per heavy atom. The lowest BCUT2D eigenvalue weighted by Gasteiger charge is -2.28. The molecule has 9 nitrogen and oxygen atoms in total. The summed E-state index contributed by atoms with van der Waals surface area (Å²) in [5.74, 6) is -1.45. The average molecular weight is 455 g/mol. The van der Waals surface area contributed by atoms with E-state index in [1.807, 2.05) is 13.8 Å². The minimum atomic E-state index is -3.75. The van der Waals surface area contributed by atoms with Crippen molar-refractivity contribution in [1.82, 2.24) is 19.1 Å². The lowest BCUT2D eigenvalue weighted by Crippen LogP contribution is -2.43. The standard InChI is InChI=1S/C19H26N4O5S2/c1-12(2)16-17-14(23(19(16)25)30(3,26)27)4-5-22(17)18(24)13-11-29-15(20-13)10-21-6-8-28-9-7-21/h4,11-12,16-17H,5-10H2,1-3H3/t16-,17+/m0/s1. The molecule has 4 heterocycles.